The van der Waals surface area contributed by atoms with Crippen LogP contribution in [-0.4, -0.2) is 0 Å². The van der Waals surface area contributed by atoms with E-state index in [-0.39, 0.29) is 12.1 Å². The molecule has 68 heavy (non-hydrogen) atoms. The highest BCUT2D eigenvalue weighted by Gasteiger charge is 2.22. The van der Waals surface area contributed by atoms with Gasteiger partial charge in [-0.05, 0) is 117 Å². The molecule has 0 spiro atoms. The van der Waals surface area contributed by atoms with Crippen LogP contribution >= 0.6 is 0 Å². The van der Waals surface area contributed by atoms with Crippen molar-refractivity contribution in [1.82, 2.24) is 0 Å². The maximum absolute atomic E-state index is 8.08. The maximum atomic E-state index is 8.08. The Bertz CT molecular complexity index is 3830. The molecule has 2 aromatic heterocycles. The number of hydrogen-bond donors (Lipinski definition) is 0. The largest absolute Gasteiger partial charge is 0.454 e. The zero-order valence-corrected chi connectivity index (χ0v) is 36.7. The van der Waals surface area contributed by atoms with Gasteiger partial charge in [0.2, 0.25) is 0 Å². The SMILES string of the molecule is [2H]C([2H])=C([2H])c1ccc(-c2ccc(N(c3ccc(-c4ccc(N(c5ccc(-c6ccc(C([2H])=C([2H])[2H])cc6)cc5)c5cccc6c5oc5ccccc56)cc4)cc3)c3cccc4c3oc3ccccc34)cc2)cc1. The summed E-state index contributed by atoms with van der Waals surface area (Å²) in [6, 6.07) is 77.3. The van der Waals surface area contributed by atoms with Gasteiger partial charge in [0.15, 0.2) is 11.2 Å². The Morgan fingerprint density at radius 1 is 0.324 bits per heavy atom. The van der Waals surface area contributed by atoms with Crippen molar-refractivity contribution in [3.05, 3.63) is 255 Å². The number of rotatable bonds is 11. The van der Waals surface area contributed by atoms with E-state index < -0.39 is 13.1 Å². The minimum Gasteiger partial charge on any atom is -0.454 e. The highest BCUT2D eigenvalue weighted by atomic mass is 16.3. The van der Waals surface area contributed by atoms with Crippen LogP contribution in [0.2, 0.25) is 0 Å². The fourth-order valence-electron chi connectivity index (χ4n) is 9.38. The minimum atomic E-state index is -0.515. The summed E-state index contributed by atoms with van der Waals surface area (Å²) in [5.74, 6) is 0. The predicted octanol–water partition coefficient (Wildman–Crippen LogP) is 18.7. The Kier molecular flexibility index (Phi) is 8.58. The smallest absolute Gasteiger partial charge is 0.159 e. The average molecular weight is 879 g/mol. The molecule has 12 aromatic rings. The van der Waals surface area contributed by atoms with E-state index in [2.05, 4.69) is 155 Å². The molecule has 0 bridgehead atoms. The standard InChI is InChI=1S/C64H44N2O2/c1-3-43-19-23-45(24-20-43)47-27-35-51(36-28-47)65(59-15-9-13-57-55-11-5-7-17-61(55)67-63(57)59)53-39-31-49(32-40-53)50-33-41-54(42-34-50)66(52-37-29-48(30-38-52)46-25-21-44(4-2)22-26-46)60-16-10-14-58-56-12-6-8-18-62(56)68-64(58)60/h3-42H,1-2H2/i1D2,2D2,3D,4D. The summed E-state index contributed by atoms with van der Waals surface area (Å²) in [5.41, 5.74) is 15.9. The van der Waals surface area contributed by atoms with E-state index >= 15 is 0 Å². The highest BCUT2D eigenvalue weighted by Crippen LogP contribution is 2.45. The predicted molar refractivity (Wildman–Crippen MR) is 287 cm³/mol. The van der Waals surface area contributed by atoms with Gasteiger partial charge in [0, 0.05) is 44.3 Å². The monoisotopic (exact) mass is 878 g/mol. The second-order valence-electron chi connectivity index (χ2n) is 16.8. The molecule has 12 rings (SSSR count). The lowest BCUT2D eigenvalue weighted by Crippen LogP contribution is -2.10. The Morgan fingerprint density at radius 3 is 0.941 bits per heavy atom. The lowest BCUT2D eigenvalue weighted by Gasteiger charge is -2.26. The molecule has 0 radical (unpaired) electrons. The molecule has 4 nitrogen and oxygen atoms in total. The van der Waals surface area contributed by atoms with E-state index in [9.17, 15) is 0 Å². The first-order chi connectivity index (χ1) is 36.2. The molecule has 2 heterocycles. The second-order valence-corrected chi connectivity index (χ2v) is 16.8. The van der Waals surface area contributed by atoms with E-state index in [1.54, 1.807) is 24.3 Å². The molecule has 0 aliphatic heterocycles. The molecule has 0 fully saturated rings. The van der Waals surface area contributed by atoms with Crippen molar-refractivity contribution in [3.8, 4) is 33.4 Å². The number of furan rings is 2. The Morgan fingerprint density at radius 2 is 0.618 bits per heavy atom. The number of anilines is 6. The first-order valence-corrected chi connectivity index (χ1v) is 22.5. The van der Waals surface area contributed by atoms with Gasteiger partial charge in [-0.2, -0.15) is 0 Å². The molecular weight excluding hydrogens is 829 g/mol. The molecule has 0 atom stereocenters. The fourth-order valence-corrected chi connectivity index (χ4v) is 9.38. The summed E-state index contributed by atoms with van der Waals surface area (Å²) in [6.07, 6.45) is 0. The van der Waals surface area contributed by atoms with Crippen LogP contribution in [-0.2, 0) is 0 Å². The third-order valence-corrected chi connectivity index (χ3v) is 12.8. The Hall–Kier alpha value is -9.12. The van der Waals surface area contributed by atoms with Gasteiger partial charge in [0.05, 0.1) is 19.6 Å². The van der Waals surface area contributed by atoms with Crippen molar-refractivity contribution >= 4 is 90.1 Å². The van der Waals surface area contributed by atoms with Crippen LogP contribution in [0.1, 0.15) is 19.4 Å². The van der Waals surface area contributed by atoms with Crippen molar-refractivity contribution in [2.45, 2.75) is 0 Å². The summed E-state index contributed by atoms with van der Waals surface area (Å²) in [5, 5.41) is 4.16. The lowest BCUT2D eigenvalue weighted by atomic mass is 10.0. The van der Waals surface area contributed by atoms with Gasteiger partial charge in [-0.3, -0.25) is 0 Å². The normalized spacial score (nSPS) is 12.5. The molecule has 0 unspecified atom stereocenters. The zero-order valence-electron chi connectivity index (χ0n) is 42.7. The first-order valence-electron chi connectivity index (χ1n) is 25.5. The quantitative estimate of drug-likeness (QED) is 0.130. The van der Waals surface area contributed by atoms with Crippen LogP contribution in [0.5, 0.6) is 0 Å². The fraction of sp³-hybridized carbons (Fsp3) is 0. The third-order valence-electron chi connectivity index (χ3n) is 12.8. The highest BCUT2D eigenvalue weighted by molar-refractivity contribution is 6.11. The summed E-state index contributed by atoms with van der Waals surface area (Å²) < 4.78 is 59.6. The lowest BCUT2D eigenvalue weighted by molar-refractivity contribution is 0.668. The van der Waals surface area contributed by atoms with Gasteiger partial charge >= 0.3 is 0 Å². The van der Waals surface area contributed by atoms with E-state index in [1.807, 2.05) is 60.7 Å². The van der Waals surface area contributed by atoms with Gasteiger partial charge in [-0.15, -0.1) is 0 Å². The number of para-hydroxylation sites is 4. The maximum Gasteiger partial charge on any atom is 0.159 e. The van der Waals surface area contributed by atoms with Gasteiger partial charge in [-0.25, -0.2) is 0 Å². The Balaban J connectivity index is 0.897. The van der Waals surface area contributed by atoms with Crippen molar-refractivity contribution < 1.29 is 17.1 Å². The minimum absolute atomic E-state index is 0.112. The number of fused-ring (bicyclic) bond motifs is 6. The third kappa shape index (κ3) is 7.22. The van der Waals surface area contributed by atoms with Crippen LogP contribution in [0.4, 0.5) is 34.1 Å². The number of benzene rings is 10. The van der Waals surface area contributed by atoms with E-state index in [0.717, 1.165) is 111 Å². The molecule has 4 heteroatoms. The molecule has 0 amide bonds. The van der Waals surface area contributed by atoms with E-state index in [1.165, 1.54) is 0 Å². The molecule has 10 aromatic carbocycles. The van der Waals surface area contributed by atoms with Gasteiger partial charge in [-0.1, -0.05) is 183 Å². The van der Waals surface area contributed by atoms with Gasteiger partial charge in [0.25, 0.3) is 0 Å². The van der Waals surface area contributed by atoms with Gasteiger partial charge in [0.1, 0.15) is 11.2 Å². The van der Waals surface area contributed by atoms with Crippen LogP contribution < -0.4 is 9.80 Å². The van der Waals surface area contributed by atoms with E-state index in [4.69, 9.17) is 17.1 Å². The van der Waals surface area contributed by atoms with E-state index in [0.29, 0.717) is 11.1 Å². The molecule has 0 N–H and O–H groups in total. The molecule has 0 aliphatic rings. The summed E-state index contributed by atoms with van der Waals surface area (Å²) in [7, 11) is 0. The summed E-state index contributed by atoms with van der Waals surface area (Å²) >= 11 is 0. The van der Waals surface area contributed by atoms with Crippen LogP contribution in [0.3, 0.4) is 0 Å². The molecule has 322 valence electrons. The van der Waals surface area contributed by atoms with Crippen molar-refractivity contribution in [3.63, 3.8) is 0 Å². The summed E-state index contributed by atoms with van der Waals surface area (Å²) in [4.78, 5) is 4.45. The van der Waals surface area contributed by atoms with Crippen molar-refractivity contribution in [2.75, 3.05) is 9.80 Å². The van der Waals surface area contributed by atoms with Crippen LogP contribution in [0.15, 0.2) is 252 Å². The van der Waals surface area contributed by atoms with Crippen molar-refractivity contribution in [2.24, 2.45) is 0 Å². The second kappa shape index (κ2) is 17.0. The first kappa shape index (κ1) is 34.3. The topological polar surface area (TPSA) is 32.8 Å². The Labute approximate surface area is 403 Å². The zero-order chi connectivity index (χ0) is 50.5. The number of nitrogens with zero attached hydrogens (tertiary/aromatic N) is 2. The molecule has 0 saturated carbocycles. The molecule has 0 saturated heterocycles. The molecular formula is C64H44N2O2. The van der Waals surface area contributed by atoms with Gasteiger partial charge < -0.3 is 18.6 Å². The van der Waals surface area contributed by atoms with Crippen LogP contribution in [0.25, 0.3) is 89.4 Å². The summed E-state index contributed by atoms with van der Waals surface area (Å²) in [6.45, 7) is -1.03. The number of hydrogen-bond acceptors (Lipinski definition) is 4. The average Bonchev–Trinajstić information content (AvgIpc) is 4.03. The molecule has 0 aliphatic carbocycles. The van der Waals surface area contributed by atoms with Crippen LogP contribution in [0, 0.1) is 0 Å². The van der Waals surface area contributed by atoms with Crippen molar-refractivity contribution in [1.29, 1.82) is 0 Å².